The highest BCUT2D eigenvalue weighted by Gasteiger charge is 2.14. The van der Waals surface area contributed by atoms with E-state index in [0.29, 0.717) is 12.1 Å². The van der Waals surface area contributed by atoms with Crippen molar-refractivity contribution in [3.05, 3.63) is 42.7 Å². The highest BCUT2D eigenvalue weighted by Crippen LogP contribution is 2.15. The van der Waals surface area contributed by atoms with Gasteiger partial charge in [0.15, 0.2) is 0 Å². The first-order valence-corrected chi connectivity index (χ1v) is 6.70. The number of rotatable bonds is 5. The van der Waals surface area contributed by atoms with E-state index in [9.17, 15) is 13.2 Å². The molecule has 0 atom stereocenters. The van der Waals surface area contributed by atoms with Gasteiger partial charge in [-0.05, 0) is 30.3 Å². The van der Waals surface area contributed by atoms with Crippen molar-refractivity contribution >= 4 is 28.1 Å². The molecule has 0 aliphatic heterocycles. The summed E-state index contributed by atoms with van der Waals surface area (Å²) in [6, 6.07) is 7.29. The number of nitrogens with zero attached hydrogens (tertiary/aromatic N) is 2. The Bertz CT molecular complexity index is 656. The fourth-order valence-electron chi connectivity index (χ4n) is 1.33. The largest absolute Gasteiger partial charge is 0.329 e. The van der Waals surface area contributed by atoms with E-state index in [-0.39, 0.29) is 10.8 Å². The molecule has 8 heteroatoms. The quantitative estimate of drug-likeness (QED) is 0.789. The van der Waals surface area contributed by atoms with Gasteiger partial charge in [-0.15, -0.1) is 0 Å². The Hall–Kier alpha value is -2.48. The zero-order valence-electron chi connectivity index (χ0n) is 9.65. The van der Waals surface area contributed by atoms with Crippen LogP contribution in [0, 0.1) is 0 Å². The van der Waals surface area contributed by atoms with E-state index in [1.165, 1.54) is 36.7 Å². The minimum atomic E-state index is -3.74. The number of sulfonamides is 1. The van der Waals surface area contributed by atoms with Gasteiger partial charge in [-0.1, -0.05) is 0 Å². The molecule has 0 fully saturated rings. The third kappa shape index (κ3) is 3.26. The molecule has 2 rings (SSSR count). The molecule has 0 bridgehead atoms. The normalized spacial score (nSPS) is 10.7. The lowest BCUT2D eigenvalue weighted by molar-refractivity contribution is -0.105. The van der Waals surface area contributed by atoms with Crippen molar-refractivity contribution in [3.63, 3.8) is 0 Å². The monoisotopic (exact) mass is 278 g/mol. The number of hydrogen-bond acceptors (Lipinski definition) is 5. The average Bonchev–Trinajstić information content (AvgIpc) is 2.40. The molecule has 98 valence electrons. The summed E-state index contributed by atoms with van der Waals surface area (Å²) in [5.41, 5.74) is 0.505. The second kappa shape index (κ2) is 5.44. The van der Waals surface area contributed by atoms with Crippen LogP contribution in [0.3, 0.4) is 0 Å². The minimum absolute atomic E-state index is 0.00223. The molecule has 19 heavy (non-hydrogen) atoms. The number of hydrogen-bond donors (Lipinski definition) is 2. The number of aromatic nitrogens is 2. The van der Waals surface area contributed by atoms with Gasteiger partial charge >= 0.3 is 0 Å². The van der Waals surface area contributed by atoms with Crippen molar-refractivity contribution in [2.45, 2.75) is 4.90 Å². The van der Waals surface area contributed by atoms with Gasteiger partial charge in [0.1, 0.15) is 0 Å². The van der Waals surface area contributed by atoms with Gasteiger partial charge in [0.05, 0.1) is 4.90 Å². The third-order valence-corrected chi connectivity index (χ3v) is 3.53. The average molecular weight is 278 g/mol. The molecule has 1 aromatic carbocycles. The summed E-state index contributed by atoms with van der Waals surface area (Å²) in [6.45, 7) is 0. The molecule has 0 spiro atoms. The van der Waals surface area contributed by atoms with Crippen LogP contribution in [0.5, 0.6) is 0 Å². The van der Waals surface area contributed by atoms with Crippen LogP contribution in [0.25, 0.3) is 0 Å². The summed E-state index contributed by atoms with van der Waals surface area (Å²) in [5.74, 6) is -0.00223. The summed E-state index contributed by atoms with van der Waals surface area (Å²) in [7, 11) is -3.74. The summed E-state index contributed by atoms with van der Waals surface area (Å²) < 4.78 is 26.2. The minimum Gasteiger partial charge on any atom is -0.329 e. The Labute approximate surface area is 109 Å². The van der Waals surface area contributed by atoms with Gasteiger partial charge in [0.2, 0.25) is 12.4 Å². The van der Waals surface area contributed by atoms with E-state index in [2.05, 4.69) is 20.0 Å². The lowest BCUT2D eigenvalue weighted by Crippen LogP contribution is -2.14. The van der Waals surface area contributed by atoms with Gasteiger partial charge in [0, 0.05) is 18.1 Å². The first-order chi connectivity index (χ1) is 9.12. The third-order valence-electron chi connectivity index (χ3n) is 2.18. The second-order valence-corrected chi connectivity index (χ2v) is 5.15. The van der Waals surface area contributed by atoms with Crippen molar-refractivity contribution in [2.24, 2.45) is 0 Å². The molecule has 2 N–H and O–H groups in total. The van der Waals surface area contributed by atoms with Crippen molar-refractivity contribution in [2.75, 3.05) is 10.0 Å². The molecule has 7 nitrogen and oxygen atoms in total. The Balaban J connectivity index is 2.22. The molecule has 0 aliphatic carbocycles. The summed E-state index contributed by atoms with van der Waals surface area (Å²) >= 11 is 0. The number of amides is 1. The Morgan fingerprint density at radius 3 is 2.26 bits per heavy atom. The van der Waals surface area contributed by atoms with Gasteiger partial charge < -0.3 is 5.32 Å². The maximum Gasteiger partial charge on any atom is 0.264 e. The van der Waals surface area contributed by atoms with Gasteiger partial charge in [-0.25, -0.2) is 23.1 Å². The van der Waals surface area contributed by atoms with Crippen LogP contribution in [0.2, 0.25) is 0 Å². The maximum atomic E-state index is 12.0. The number of nitrogens with one attached hydrogen (secondary N) is 2. The molecule has 0 aliphatic rings. The SMILES string of the molecule is O=CNc1ccc(S(=O)(=O)Nc2ncccn2)cc1. The number of carbonyl (C=O) groups excluding carboxylic acids is 1. The summed E-state index contributed by atoms with van der Waals surface area (Å²) in [6.07, 6.45) is 3.38. The molecular formula is C11H10N4O3S. The number of carbonyl (C=O) groups is 1. The molecule has 1 heterocycles. The standard InChI is InChI=1S/C11H10N4O3S/c16-8-14-9-2-4-10(5-3-9)19(17,18)15-11-12-6-1-7-13-11/h1-8H,(H,14,16)(H,12,13,15). The fraction of sp³-hybridized carbons (Fsp3) is 0. The zero-order valence-corrected chi connectivity index (χ0v) is 10.5. The van der Waals surface area contributed by atoms with E-state index in [4.69, 9.17) is 0 Å². The smallest absolute Gasteiger partial charge is 0.264 e. The highest BCUT2D eigenvalue weighted by atomic mass is 32.2. The zero-order chi connectivity index (χ0) is 13.7. The van der Waals surface area contributed by atoms with E-state index < -0.39 is 10.0 Å². The van der Waals surface area contributed by atoms with Crippen LogP contribution in [-0.2, 0) is 14.8 Å². The fourth-order valence-corrected chi connectivity index (χ4v) is 2.29. The van der Waals surface area contributed by atoms with Crippen LogP contribution >= 0.6 is 0 Å². The predicted octanol–water partition coefficient (Wildman–Crippen LogP) is 0.846. The molecule has 0 radical (unpaired) electrons. The van der Waals surface area contributed by atoms with E-state index in [1.807, 2.05) is 0 Å². The molecule has 2 aromatic rings. The predicted molar refractivity (Wildman–Crippen MR) is 69.0 cm³/mol. The van der Waals surface area contributed by atoms with Crippen molar-refractivity contribution < 1.29 is 13.2 Å². The van der Waals surface area contributed by atoms with Crippen molar-refractivity contribution in [3.8, 4) is 0 Å². The molecule has 1 amide bonds. The number of benzene rings is 1. The van der Waals surface area contributed by atoms with Gasteiger partial charge in [0.25, 0.3) is 10.0 Å². The molecule has 0 unspecified atom stereocenters. The molecule has 0 saturated heterocycles. The molecular weight excluding hydrogens is 268 g/mol. The lowest BCUT2D eigenvalue weighted by Gasteiger charge is -2.06. The summed E-state index contributed by atoms with van der Waals surface area (Å²) in [4.78, 5) is 17.8. The lowest BCUT2D eigenvalue weighted by atomic mass is 10.3. The number of anilines is 2. The van der Waals surface area contributed by atoms with E-state index in [0.717, 1.165) is 0 Å². The first-order valence-electron chi connectivity index (χ1n) is 5.22. The summed E-state index contributed by atoms with van der Waals surface area (Å²) in [5, 5.41) is 2.42. The van der Waals surface area contributed by atoms with Crippen LogP contribution < -0.4 is 10.0 Å². The van der Waals surface area contributed by atoms with Crippen LogP contribution in [0.4, 0.5) is 11.6 Å². The highest BCUT2D eigenvalue weighted by molar-refractivity contribution is 7.92. The van der Waals surface area contributed by atoms with Crippen molar-refractivity contribution in [1.82, 2.24) is 9.97 Å². The van der Waals surface area contributed by atoms with Crippen LogP contribution in [0.1, 0.15) is 0 Å². The maximum absolute atomic E-state index is 12.0. The van der Waals surface area contributed by atoms with Crippen LogP contribution in [0.15, 0.2) is 47.6 Å². The molecule has 1 aromatic heterocycles. The van der Waals surface area contributed by atoms with E-state index in [1.54, 1.807) is 6.07 Å². The molecule has 0 saturated carbocycles. The van der Waals surface area contributed by atoms with Crippen molar-refractivity contribution in [1.29, 1.82) is 0 Å². The first kappa shape index (κ1) is 13.0. The van der Waals surface area contributed by atoms with Gasteiger partial charge in [-0.2, -0.15) is 0 Å². The topological polar surface area (TPSA) is 101 Å². The second-order valence-electron chi connectivity index (χ2n) is 3.46. The Morgan fingerprint density at radius 1 is 1.05 bits per heavy atom. The van der Waals surface area contributed by atoms with Gasteiger partial charge in [-0.3, -0.25) is 4.79 Å². The Kier molecular flexibility index (Phi) is 3.71. The van der Waals surface area contributed by atoms with E-state index >= 15 is 0 Å². The Morgan fingerprint density at radius 2 is 1.68 bits per heavy atom. The van der Waals surface area contributed by atoms with Crippen LogP contribution in [-0.4, -0.2) is 24.8 Å².